The number of rotatable bonds is 7. The number of ether oxygens (including phenoxy) is 2. The van der Waals surface area contributed by atoms with E-state index in [1.165, 1.54) is 24.4 Å². The van der Waals surface area contributed by atoms with E-state index in [0.717, 1.165) is 15.6 Å². The van der Waals surface area contributed by atoms with Gasteiger partial charge in [0.25, 0.3) is 10.0 Å². The Bertz CT molecular complexity index is 1550. The topological polar surface area (TPSA) is 61.9 Å². The van der Waals surface area contributed by atoms with Crippen LogP contribution >= 0.6 is 0 Å². The molecule has 0 aliphatic rings. The standard InChI is InChI=1S/C26H21FN2O4S/c1-5-32-18(3)25-22-13-14-29(34(30,31)21-11-9-17(2)10-12-21)24(22)16-23(27)26(25)33-20-8-6-7-19(15-20)28-4/h6-16H,3,5H2,1-2H3. The minimum atomic E-state index is -3.99. The van der Waals surface area contributed by atoms with Crippen LogP contribution in [-0.4, -0.2) is 19.0 Å². The molecule has 0 bridgehead atoms. The third-order valence-electron chi connectivity index (χ3n) is 5.21. The molecule has 0 spiro atoms. The summed E-state index contributed by atoms with van der Waals surface area (Å²) in [7, 11) is -3.99. The molecule has 0 aliphatic carbocycles. The fourth-order valence-corrected chi connectivity index (χ4v) is 4.94. The van der Waals surface area contributed by atoms with Gasteiger partial charge in [-0.3, -0.25) is 0 Å². The van der Waals surface area contributed by atoms with Crippen molar-refractivity contribution in [1.82, 2.24) is 3.97 Å². The molecular formula is C26H21FN2O4S. The number of hydrogen-bond acceptors (Lipinski definition) is 4. The highest BCUT2D eigenvalue weighted by Gasteiger charge is 2.25. The molecule has 4 rings (SSSR count). The van der Waals surface area contributed by atoms with Crippen LogP contribution in [0.25, 0.3) is 21.5 Å². The van der Waals surface area contributed by atoms with Crippen molar-refractivity contribution in [1.29, 1.82) is 0 Å². The Morgan fingerprint density at radius 2 is 1.88 bits per heavy atom. The summed E-state index contributed by atoms with van der Waals surface area (Å²) in [6, 6.07) is 15.4. The van der Waals surface area contributed by atoms with E-state index in [4.69, 9.17) is 16.0 Å². The van der Waals surface area contributed by atoms with Crippen molar-refractivity contribution in [2.24, 2.45) is 0 Å². The molecule has 0 saturated heterocycles. The van der Waals surface area contributed by atoms with Crippen LogP contribution < -0.4 is 4.74 Å². The molecule has 0 unspecified atom stereocenters. The Hall–Kier alpha value is -4.09. The summed E-state index contributed by atoms with van der Waals surface area (Å²) >= 11 is 0. The van der Waals surface area contributed by atoms with E-state index in [1.807, 2.05) is 6.92 Å². The molecule has 8 heteroatoms. The van der Waals surface area contributed by atoms with Crippen molar-refractivity contribution in [3.63, 3.8) is 0 Å². The molecule has 1 heterocycles. The molecule has 1 aromatic heterocycles. The number of hydrogen-bond donors (Lipinski definition) is 0. The largest absolute Gasteiger partial charge is 0.494 e. The van der Waals surface area contributed by atoms with E-state index in [0.29, 0.717) is 11.1 Å². The van der Waals surface area contributed by atoms with Gasteiger partial charge in [0.05, 0.1) is 29.2 Å². The molecular weight excluding hydrogens is 455 g/mol. The second-order valence-electron chi connectivity index (χ2n) is 7.49. The van der Waals surface area contributed by atoms with E-state index in [9.17, 15) is 8.42 Å². The van der Waals surface area contributed by atoms with Gasteiger partial charge in [0, 0.05) is 17.6 Å². The monoisotopic (exact) mass is 476 g/mol. The average molecular weight is 477 g/mol. The van der Waals surface area contributed by atoms with Crippen molar-refractivity contribution < 1.29 is 22.3 Å². The molecule has 0 N–H and O–H groups in total. The minimum Gasteiger partial charge on any atom is -0.494 e. The Labute approximate surface area is 197 Å². The van der Waals surface area contributed by atoms with Crippen LogP contribution in [0.1, 0.15) is 18.1 Å². The Kier molecular flexibility index (Phi) is 6.14. The van der Waals surface area contributed by atoms with Crippen LogP contribution in [0.4, 0.5) is 10.1 Å². The van der Waals surface area contributed by atoms with E-state index in [1.54, 1.807) is 43.3 Å². The third-order valence-corrected chi connectivity index (χ3v) is 6.91. The summed E-state index contributed by atoms with van der Waals surface area (Å²) in [5.41, 5.74) is 1.57. The van der Waals surface area contributed by atoms with Gasteiger partial charge in [-0.1, -0.05) is 36.4 Å². The van der Waals surface area contributed by atoms with Gasteiger partial charge in [-0.25, -0.2) is 21.6 Å². The van der Waals surface area contributed by atoms with Gasteiger partial charge in [-0.05, 0) is 44.2 Å². The predicted molar refractivity (Wildman–Crippen MR) is 129 cm³/mol. The second-order valence-corrected chi connectivity index (χ2v) is 9.31. The first-order valence-corrected chi connectivity index (χ1v) is 11.8. The summed E-state index contributed by atoms with van der Waals surface area (Å²) in [5, 5.41) is 0.395. The van der Waals surface area contributed by atoms with Gasteiger partial charge in [-0.15, -0.1) is 0 Å². The highest BCUT2D eigenvalue weighted by atomic mass is 32.2. The molecule has 172 valence electrons. The zero-order chi connectivity index (χ0) is 24.5. The number of nitrogens with zero attached hydrogens (tertiary/aromatic N) is 2. The average Bonchev–Trinajstić information content (AvgIpc) is 3.24. The summed E-state index contributed by atoms with van der Waals surface area (Å²) in [6.07, 6.45) is 1.37. The number of benzene rings is 3. The lowest BCUT2D eigenvalue weighted by Crippen LogP contribution is -2.12. The van der Waals surface area contributed by atoms with Gasteiger partial charge < -0.3 is 9.47 Å². The molecule has 0 fully saturated rings. The normalized spacial score (nSPS) is 11.2. The second kappa shape index (κ2) is 9.04. The van der Waals surface area contributed by atoms with E-state index >= 15 is 4.39 Å². The lowest BCUT2D eigenvalue weighted by Gasteiger charge is -2.17. The first kappa shape index (κ1) is 23.1. The van der Waals surface area contributed by atoms with Gasteiger partial charge in [0.2, 0.25) is 0 Å². The Morgan fingerprint density at radius 3 is 2.56 bits per heavy atom. The molecule has 0 amide bonds. The Balaban J connectivity index is 1.92. The van der Waals surface area contributed by atoms with Crippen LogP contribution in [0.15, 0.2) is 78.3 Å². The molecule has 0 radical (unpaired) electrons. The summed E-state index contributed by atoms with van der Waals surface area (Å²) in [5.74, 6) is -0.577. The maximum Gasteiger partial charge on any atom is 0.268 e. The summed E-state index contributed by atoms with van der Waals surface area (Å²) in [4.78, 5) is 3.44. The smallest absolute Gasteiger partial charge is 0.268 e. The summed E-state index contributed by atoms with van der Waals surface area (Å²) < 4.78 is 54.5. The van der Waals surface area contributed by atoms with E-state index in [-0.39, 0.29) is 39.8 Å². The van der Waals surface area contributed by atoms with Crippen LogP contribution in [0, 0.1) is 19.3 Å². The van der Waals surface area contributed by atoms with Gasteiger partial charge in [0.15, 0.2) is 17.3 Å². The van der Waals surface area contributed by atoms with Gasteiger partial charge in [-0.2, -0.15) is 0 Å². The van der Waals surface area contributed by atoms with Crippen LogP contribution in [-0.2, 0) is 14.8 Å². The highest BCUT2D eigenvalue weighted by molar-refractivity contribution is 7.90. The van der Waals surface area contributed by atoms with Gasteiger partial charge >= 0.3 is 0 Å². The first-order chi connectivity index (χ1) is 16.3. The molecule has 0 saturated carbocycles. The number of fused-ring (bicyclic) bond motifs is 1. The Morgan fingerprint density at radius 1 is 1.15 bits per heavy atom. The van der Waals surface area contributed by atoms with Crippen LogP contribution in [0.2, 0.25) is 0 Å². The third kappa shape index (κ3) is 4.14. The van der Waals surface area contributed by atoms with Crippen molar-refractivity contribution in [3.8, 4) is 11.5 Å². The lowest BCUT2D eigenvalue weighted by molar-refractivity contribution is 0.297. The first-order valence-electron chi connectivity index (χ1n) is 10.4. The maximum absolute atomic E-state index is 15.5. The van der Waals surface area contributed by atoms with Crippen LogP contribution in [0.5, 0.6) is 11.5 Å². The lowest BCUT2D eigenvalue weighted by atomic mass is 10.1. The van der Waals surface area contributed by atoms with Crippen molar-refractivity contribution in [3.05, 3.63) is 102 Å². The van der Waals surface area contributed by atoms with Crippen molar-refractivity contribution in [2.75, 3.05) is 6.61 Å². The fraction of sp³-hybridized carbons (Fsp3) is 0.115. The zero-order valence-electron chi connectivity index (χ0n) is 18.6. The minimum absolute atomic E-state index is 0.0810. The number of halogens is 1. The number of aromatic nitrogens is 1. The zero-order valence-corrected chi connectivity index (χ0v) is 19.4. The highest BCUT2D eigenvalue weighted by Crippen LogP contribution is 2.40. The maximum atomic E-state index is 15.5. The number of aryl methyl sites for hydroxylation is 1. The van der Waals surface area contributed by atoms with E-state index in [2.05, 4.69) is 11.4 Å². The van der Waals surface area contributed by atoms with Crippen molar-refractivity contribution in [2.45, 2.75) is 18.7 Å². The molecule has 0 atom stereocenters. The van der Waals surface area contributed by atoms with Crippen molar-refractivity contribution >= 4 is 32.4 Å². The SMILES string of the molecule is [C-]#[N+]c1cccc(Oc2c(F)cc3c(ccn3S(=O)(=O)c3ccc(C)cc3)c2C(=C)OCC)c1. The predicted octanol–water partition coefficient (Wildman–Crippen LogP) is 6.68. The quantitative estimate of drug-likeness (QED) is 0.221. The molecule has 6 nitrogen and oxygen atoms in total. The van der Waals surface area contributed by atoms with Crippen LogP contribution in [0.3, 0.4) is 0 Å². The molecule has 4 aromatic rings. The van der Waals surface area contributed by atoms with Gasteiger partial charge in [0.1, 0.15) is 11.5 Å². The molecule has 0 aliphatic heterocycles. The summed E-state index contributed by atoms with van der Waals surface area (Å²) in [6.45, 7) is 15.0. The molecule has 3 aromatic carbocycles. The molecule has 34 heavy (non-hydrogen) atoms. The van der Waals surface area contributed by atoms with E-state index < -0.39 is 15.8 Å². The fourth-order valence-electron chi connectivity index (χ4n) is 3.60.